The molecule has 3 saturated carbocycles. The standard InChI is InChI=1S/C43H69N5O6/c1-26(2)28(5)38(6)15-16-40(8)29-11-12-32-39(7)22-53-24-43(32,30(29)13-14-41(40,9)33(38)37(50)51)21-31(34(39)54-23-42(10,44)27(3)4)48-25-45-35(46-48)36(49)47-17-19-52-20-18-47/h13,25-29,31-34H,11-12,14-24,44H2,1-10H3,(H,50,51)/t28-,29+,31-,32+,33-,34+,38-,39+,40-,41+,42+,43?/m1/s1. The van der Waals surface area contributed by atoms with Crippen molar-refractivity contribution in [2.45, 2.75) is 125 Å². The number of aliphatic carboxylic acids is 1. The second kappa shape index (κ2) is 13.7. The number of hydrogen-bond acceptors (Lipinski definition) is 8. The fourth-order valence-electron chi connectivity index (χ4n) is 13.0. The number of amides is 1. The van der Waals surface area contributed by atoms with Crippen molar-refractivity contribution in [1.82, 2.24) is 19.7 Å². The molecule has 1 aromatic heterocycles. The first-order valence-electron chi connectivity index (χ1n) is 21.0. The number of ether oxygens (including phenoxy) is 3. The number of carbonyl (C=O) groups excluding carboxylic acids is 1. The molecule has 2 bridgehead atoms. The minimum absolute atomic E-state index is 0.172. The highest BCUT2D eigenvalue weighted by atomic mass is 16.5. The van der Waals surface area contributed by atoms with E-state index in [1.165, 1.54) is 5.57 Å². The molecule has 0 spiro atoms. The lowest BCUT2D eigenvalue weighted by atomic mass is 9.34. The van der Waals surface area contributed by atoms with E-state index in [0.29, 0.717) is 58.0 Å². The van der Waals surface area contributed by atoms with Crippen molar-refractivity contribution in [3.05, 3.63) is 23.8 Å². The first kappa shape index (κ1) is 39.9. The van der Waals surface area contributed by atoms with Crippen LogP contribution in [0.1, 0.15) is 124 Å². The number of carbonyl (C=O) groups is 2. The van der Waals surface area contributed by atoms with Gasteiger partial charge in [0.1, 0.15) is 6.33 Å². The average Bonchev–Trinajstić information content (AvgIpc) is 3.61. The summed E-state index contributed by atoms with van der Waals surface area (Å²) >= 11 is 0. The summed E-state index contributed by atoms with van der Waals surface area (Å²) in [4.78, 5) is 33.5. The Morgan fingerprint density at radius 2 is 1.74 bits per heavy atom. The number of hydrogen-bond donors (Lipinski definition) is 2. The zero-order valence-corrected chi connectivity index (χ0v) is 34.8. The molecule has 11 nitrogen and oxygen atoms in total. The van der Waals surface area contributed by atoms with Crippen LogP contribution in [0.25, 0.3) is 0 Å². The van der Waals surface area contributed by atoms with E-state index in [2.05, 4.69) is 80.3 Å². The normalized spacial score (nSPS) is 42.4. The van der Waals surface area contributed by atoms with Crippen molar-refractivity contribution >= 4 is 11.9 Å². The number of carboxylic acid groups (broad SMARTS) is 1. The predicted molar refractivity (Wildman–Crippen MR) is 207 cm³/mol. The molecule has 2 aliphatic heterocycles. The zero-order chi connectivity index (χ0) is 39.2. The maximum atomic E-state index is 13.6. The molecule has 0 radical (unpaired) electrons. The van der Waals surface area contributed by atoms with Gasteiger partial charge in [0.15, 0.2) is 0 Å². The Hall–Kier alpha value is -2.34. The molecule has 1 amide bonds. The van der Waals surface area contributed by atoms with E-state index < -0.39 is 22.8 Å². The highest BCUT2D eigenvalue weighted by molar-refractivity contribution is 5.90. The first-order chi connectivity index (χ1) is 25.3. The minimum Gasteiger partial charge on any atom is -0.481 e. The molecule has 2 saturated heterocycles. The topological polar surface area (TPSA) is 142 Å². The third-order valence-electron chi connectivity index (χ3n) is 17.3. The van der Waals surface area contributed by atoms with E-state index in [0.717, 1.165) is 38.5 Å². The molecule has 7 rings (SSSR count). The quantitative estimate of drug-likeness (QED) is 0.266. The van der Waals surface area contributed by atoms with Crippen molar-refractivity contribution in [1.29, 1.82) is 0 Å². The van der Waals surface area contributed by atoms with Crippen molar-refractivity contribution in [2.75, 3.05) is 46.1 Å². The van der Waals surface area contributed by atoms with Gasteiger partial charge in [-0.1, -0.05) is 74.0 Å². The maximum Gasteiger partial charge on any atom is 0.307 e. The molecular weight excluding hydrogens is 683 g/mol. The van der Waals surface area contributed by atoms with Crippen LogP contribution in [0.15, 0.2) is 18.0 Å². The third kappa shape index (κ3) is 5.78. The van der Waals surface area contributed by atoms with Crippen LogP contribution in [-0.4, -0.2) is 94.4 Å². The van der Waals surface area contributed by atoms with Crippen LogP contribution in [0.3, 0.4) is 0 Å². The van der Waals surface area contributed by atoms with Crippen LogP contribution in [0, 0.1) is 62.6 Å². The Morgan fingerprint density at radius 3 is 2.39 bits per heavy atom. The molecule has 3 heterocycles. The molecule has 12 atom stereocenters. The zero-order valence-electron chi connectivity index (χ0n) is 34.8. The molecule has 11 heteroatoms. The Morgan fingerprint density at radius 1 is 1.04 bits per heavy atom. The number of allylic oxidation sites excluding steroid dienone is 1. The van der Waals surface area contributed by atoms with Crippen LogP contribution in [0.2, 0.25) is 0 Å². The van der Waals surface area contributed by atoms with Gasteiger partial charge in [0.05, 0.1) is 51.1 Å². The van der Waals surface area contributed by atoms with E-state index >= 15 is 0 Å². The van der Waals surface area contributed by atoms with Gasteiger partial charge in [0, 0.05) is 29.5 Å². The summed E-state index contributed by atoms with van der Waals surface area (Å²) in [5, 5.41) is 16.1. The van der Waals surface area contributed by atoms with E-state index in [-0.39, 0.29) is 63.3 Å². The first-order valence-corrected chi connectivity index (χ1v) is 21.0. The van der Waals surface area contributed by atoms with Crippen LogP contribution >= 0.6 is 0 Å². The summed E-state index contributed by atoms with van der Waals surface area (Å²) < 4.78 is 21.2. The van der Waals surface area contributed by atoms with Gasteiger partial charge >= 0.3 is 5.97 Å². The van der Waals surface area contributed by atoms with Crippen molar-refractivity contribution < 1.29 is 28.9 Å². The largest absolute Gasteiger partial charge is 0.481 e. The molecule has 0 aromatic carbocycles. The van der Waals surface area contributed by atoms with Crippen LogP contribution < -0.4 is 5.73 Å². The summed E-state index contributed by atoms with van der Waals surface area (Å²) in [5.74, 6) is 0.409. The van der Waals surface area contributed by atoms with E-state index in [1.54, 1.807) is 11.2 Å². The number of carboxylic acids is 1. The van der Waals surface area contributed by atoms with Crippen molar-refractivity contribution in [3.63, 3.8) is 0 Å². The molecule has 3 N–H and O–H groups in total. The van der Waals surface area contributed by atoms with Crippen molar-refractivity contribution in [2.24, 2.45) is 68.3 Å². The van der Waals surface area contributed by atoms with E-state index in [1.807, 2.05) is 4.68 Å². The number of nitrogens with two attached hydrogens (primary N) is 1. The van der Waals surface area contributed by atoms with Gasteiger partial charge in [-0.15, -0.1) is 5.10 Å². The van der Waals surface area contributed by atoms with Crippen LogP contribution in [-0.2, 0) is 19.0 Å². The molecular formula is C43H69N5O6. The summed E-state index contributed by atoms with van der Waals surface area (Å²) in [5.41, 5.74) is 6.28. The monoisotopic (exact) mass is 752 g/mol. The smallest absolute Gasteiger partial charge is 0.307 e. The molecule has 1 aromatic rings. The number of aromatic nitrogens is 3. The van der Waals surface area contributed by atoms with Gasteiger partial charge in [0.25, 0.3) is 5.91 Å². The summed E-state index contributed by atoms with van der Waals surface area (Å²) in [6, 6.07) is -0.203. The number of nitrogens with zero attached hydrogens (tertiary/aromatic N) is 4. The summed E-state index contributed by atoms with van der Waals surface area (Å²) in [6.45, 7) is 26.1. The highest BCUT2D eigenvalue weighted by Crippen LogP contribution is 2.75. The molecule has 302 valence electrons. The van der Waals surface area contributed by atoms with Gasteiger partial charge in [-0.2, -0.15) is 0 Å². The van der Waals surface area contributed by atoms with Crippen molar-refractivity contribution in [3.8, 4) is 0 Å². The van der Waals surface area contributed by atoms with Crippen LogP contribution in [0.4, 0.5) is 0 Å². The predicted octanol–water partition coefficient (Wildman–Crippen LogP) is 6.64. The second-order valence-corrected chi connectivity index (χ2v) is 20.5. The summed E-state index contributed by atoms with van der Waals surface area (Å²) in [7, 11) is 0. The Labute approximate surface area is 323 Å². The molecule has 5 fully saturated rings. The second-order valence-electron chi connectivity index (χ2n) is 20.5. The maximum absolute atomic E-state index is 13.6. The highest BCUT2D eigenvalue weighted by Gasteiger charge is 2.72. The SMILES string of the molecule is CC(C)[C@@H](C)[C@@]1(C)CC[C@]2(C)[C@H]3CC[C@@H]4C5(COC[C@]4(C)[C@@H](OC[C@](C)(N)C(C)C)[C@H](n4cnc(C(=O)N6CCOCC6)n4)C5)C3=CC[C@@]2(C)[C@@H]1C(=O)O. The van der Waals surface area contributed by atoms with Gasteiger partial charge < -0.3 is 30.0 Å². The Bertz CT molecular complexity index is 1630. The minimum atomic E-state index is -0.643. The van der Waals surface area contributed by atoms with Crippen LogP contribution in [0.5, 0.6) is 0 Å². The van der Waals surface area contributed by atoms with Gasteiger partial charge in [-0.05, 0) is 91.3 Å². The van der Waals surface area contributed by atoms with Gasteiger partial charge in [-0.25, -0.2) is 9.67 Å². The van der Waals surface area contributed by atoms with Gasteiger partial charge in [0.2, 0.25) is 5.82 Å². The summed E-state index contributed by atoms with van der Waals surface area (Å²) in [6.07, 6.45) is 9.42. The lowest BCUT2D eigenvalue weighted by Crippen LogP contribution is -2.69. The molecule has 54 heavy (non-hydrogen) atoms. The number of morpholine rings is 1. The molecule has 4 aliphatic carbocycles. The Balaban J connectivity index is 1.30. The average molecular weight is 752 g/mol. The van der Waals surface area contributed by atoms with Gasteiger partial charge in [-0.3, -0.25) is 9.59 Å². The number of rotatable bonds is 9. The molecule has 1 unspecified atom stereocenters. The lowest BCUT2D eigenvalue weighted by molar-refractivity contribution is -0.252. The lowest BCUT2D eigenvalue weighted by Gasteiger charge is -2.71. The third-order valence-corrected chi connectivity index (χ3v) is 17.3. The molecule has 6 aliphatic rings. The Kier molecular flexibility index (Phi) is 10.1. The van der Waals surface area contributed by atoms with E-state index in [4.69, 9.17) is 25.0 Å². The fraction of sp³-hybridized carbons (Fsp3) is 0.860. The van der Waals surface area contributed by atoms with E-state index in [9.17, 15) is 14.7 Å². The fourth-order valence-corrected chi connectivity index (χ4v) is 13.0. The number of fused-ring (bicyclic) bond motifs is 3.